The van der Waals surface area contributed by atoms with Gasteiger partial charge >= 0.3 is 5.92 Å². The van der Waals surface area contributed by atoms with Crippen molar-refractivity contribution in [2.24, 2.45) is 10.9 Å². The Bertz CT molecular complexity index is 1630. The number of carbonyl (C=O) groups excluding carboxylic acids is 1. The Morgan fingerprint density at radius 2 is 2.13 bits per heavy atom. The average molecular weight is 536 g/mol. The number of hydrogen-bond acceptors (Lipinski definition) is 6. The minimum atomic E-state index is -3.66. The van der Waals surface area contributed by atoms with Crippen LogP contribution in [0.4, 0.5) is 8.78 Å². The average Bonchev–Trinajstić information content (AvgIpc) is 3.61. The third kappa shape index (κ3) is 4.68. The van der Waals surface area contributed by atoms with E-state index in [1.54, 1.807) is 18.4 Å². The van der Waals surface area contributed by atoms with E-state index >= 15 is 0 Å². The summed E-state index contributed by atoms with van der Waals surface area (Å²) in [6, 6.07) is 6.35. The molecule has 0 bridgehead atoms. The summed E-state index contributed by atoms with van der Waals surface area (Å²) in [5, 5.41) is 12.3. The number of rotatable bonds is 8. The maximum atomic E-state index is 15.0. The summed E-state index contributed by atoms with van der Waals surface area (Å²) in [5.74, 6) is -4.73. The number of aromatic nitrogens is 2. The number of nitrogens with zero attached hydrogens (tertiary/aromatic N) is 4. The van der Waals surface area contributed by atoms with Gasteiger partial charge in [0.25, 0.3) is 11.5 Å². The van der Waals surface area contributed by atoms with Gasteiger partial charge in [-0.15, -0.1) is 0 Å². The number of fused-ring (bicyclic) bond motifs is 1. The fraction of sp³-hybridized carbons (Fsp3) is 0.222. The van der Waals surface area contributed by atoms with E-state index in [4.69, 9.17) is 16.3 Å². The topological polar surface area (TPSA) is 109 Å². The van der Waals surface area contributed by atoms with Crippen molar-refractivity contribution in [2.45, 2.75) is 32.4 Å². The highest BCUT2D eigenvalue weighted by Gasteiger charge is 2.40. The van der Waals surface area contributed by atoms with Crippen molar-refractivity contribution >= 4 is 23.2 Å². The van der Waals surface area contributed by atoms with Gasteiger partial charge in [-0.2, -0.15) is 14.0 Å². The molecule has 3 aliphatic rings. The highest BCUT2D eigenvalue weighted by molar-refractivity contribution is 6.30. The molecule has 0 spiro atoms. The van der Waals surface area contributed by atoms with Crippen LogP contribution in [0, 0.1) is 17.2 Å². The van der Waals surface area contributed by atoms with Crippen LogP contribution >= 0.6 is 11.6 Å². The van der Waals surface area contributed by atoms with Gasteiger partial charge in [0.1, 0.15) is 6.61 Å². The van der Waals surface area contributed by atoms with Crippen molar-refractivity contribution in [3.8, 4) is 11.8 Å². The lowest BCUT2D eigenvalue weighted by molar-refractivity contribution is -0.116. The van der Waals surface area contributed by atoms with E-state index in [0.717, 1.165) is 29.8 Å². The molecule has 1 unspecified atom stereocenters. The van der Waals surface area contributed by atoms with Crippen molar-refractivity contribution in [3.63, 3.8) is 0 Å². The number of ether oxygens (including phenoxy) is 1. The van der Waals surface area contributed by atoms with Crippen LogP contribution in [0.25, 0.3) is 0 Å². The van der Waals surface area contributed by atoms with Crippen LogP contribution in [0.3, 0.4) is 0 Å². The minimum Gasteiger partial charge on any atom is -0.481 e. The van der Waals surface area contributed by atoms with Crippen LogP contribution in [0.5, 0.6) is 5.75 Å². The molecule has 11 heteroatoms. The van der Waals surface area contributed by atoms with Gasteiger partial charge in [-0.25, -0.2) is 4.98 Å². The molecule has 2 aromatic rings. The first-order chi connectivity index (χ1) is 18.1. The zero-order chi connectivity index (χ0) is 27.2. The zero-order valence-electron chi connectivity index (χ0n) is 20.1. The van der Waals surface area contributed by atoms with E-state index in [1.165, 1.54) is 18.2 Å². The Labute approximate surface area is 220 Å². The molecule has 38 heavy (non-hydrogen) atoms. The summed E-state index contributed by atoms with van der Waals surface area (Å²) in [7, 11) is 0. The lowest BCUT2D eigenvalue weighted by Gasteiger charge is -2.20. The van der Waals surface area contributed by atoms with Crippen molar-refractivity contribution in [2.75, 3.05) is 0 Å². The predicted octanol–water partition coefficient (Wildman–Crippen LogP) is 4.31. The predicted molar refractivity (Wildman–Crippen MR) is 136 cm³/mol. The lowest BCUT2D eigenvalue weighted by Crippen LogP contribution is -2.33. The number of benzene rings is 1. The number of amides is 1. The third-order valence-electron chi connectivity index (χ3n) is 6.32. The smallest absolute Gasteiger partial charge is 0.314 e. The first-order valence-electron chi connectivity index (χ1n) is 11.5. The van der Waals surface area contributed by atoms with Crippen LogP contribution in [0.15, 0.2) is 81.7 Å². The van der Waals surface area contributed by atoms with Gasteiger partial charge in [-0.1, -0.05) is 24.3 Å². The van der Waals surface area contributed by atoms with Crippen molar-refractivity contribution in [3.05, 3.63) is 104 Å². The first kappa shape index (κ1) is 25.3. The molecule has 192 valence electrons. The minimum absolute atomic E-state index is 0.0270. The molecule has 1 amide bonds. The summed E-state index contributed by atoms with van der Waals surface area (Å²) >= 11 is 6.03. The van der Waals surface area contributed by atoms with Gasteiger partial charge < -0.3 is 10.1 Å². The Morgan fingerprint density at radius 1 is 1.37 bits per heavy atom. The van der Waals surface area contributed by atoms with Crippen molar-refractivity contribution < 1.29 is 18.3 Å². The van der Waals surface area contributed by atoms with Gasteiger partial charge in [-0.05, 0) is 54.3 Å². The summed E-state index contributed by atoms with van der Waals surface area (Å²) in [6.07, 6.45) is 6.90. The van der Waals surface area contributed by atoms with Gasteiger partial charge in [0.05, 0.1) is 35.9 Å². The molecule has 1 fully saturated rings. The number of allylic oxidation sites excluding steroid dienone is 4. The Morgan fingerprint density at radius 3 is 2.79 bits per heavy atom. The van der Waals surface area contributed by atoms with E-state index in [0.29, 0.717) is 17.0 Å². The number of nitrogens with one attached hydrogen (secondary N) is 1. The largest absolute Gasteiger partial charge is 0.481 e. The highest BCUT2D eigenvalue weighted by atomic mass is 35.5. The van der Waals surface area contributed by atoms with Crippen LogP contribution in [0.1, 0.15) is 30.2 Å². The molecule has 2 aliphatic heterocycles. The van der Waals surface area contributed by atoms with Gasteiger partial charge in [0.15, 0.2) is 5.69 Å². The van der Waals surface area contributed by atoms with Crippen LogP contribution in [-0.4, -0.2) is 21.2 Å². The van der Waals surface area contributed by atoms with E-state index in [2.05, 4.69) is 21.9 Å². The molecular formula is C27H20ClF2N5O3. The highest BCUT2D eigenvalue weighted by Crippen LogP contribution is 2.44. The van der Waals surface area contributed by atoms with Gasteiger partial charge in [0.2, 0.25) is 5.75 Å². The number of nitriles is 1. The quantitative estimate of drug-likeness (QED) is 0.506. The zero-order valence-corrected chi connectivity index (χ0v) is 20.9. The second kappa shape index (κ2) is 9.50. The molecule has 8 nitrogen and oxygen atoms in total. The third-order valence-corrected chi connectivity index (χ3v) is 6.54. The second-order valence-corrected chi connectivity index (χ2v) is 9.58. The van der Waals surface area contributed by atoms with Gasteiger partial charge in [0, 0.05) is 22.7 Å². The molecule has 1 aliphatic carbocycles. The Kier molecular flexibility index (Phi) is 6.33. The number of halogens is 3. The fourth-order valence-corrected chi connectivity index (χ4v) is 4.40. The van der Waals surface area contributed by atoms with E-state index in [1.807, 2.05) is 6.07 Å². The van der Waals surface area contributed by atoms with E-state index < -0.39 is 34.4 Å². The summed E-state index contributed by atoms with van der Waals surface area (Å²) in [6.45, 7) is 3.91. The Balaban J connectivity index is 1.46. The monoisotopic (exact) mass is 535 g/mol. The summed E-state index contributed by atoms with van der Waals surface area (Å²) < 4.78 is 36.6. The molecule has 1 N–H and O–H groups in total. The number of alkyl halides is 2. The Hall–Kier alpha value is -4.36. The maximum Gasteiger partial charge on any atom is 0.314 e. The number of hydrogen-bond donors (Lipinski definition) is 1. The molecule has 1 aromatic carbocycles. The second-order valence-electron chi connectivity index (χ2n) is 9.15. The fourth-order valence-electron chi connectivity index (χ4n) is 4.14. The summed E-state index contributed by atoms with van der Waals surface area (Å²) in [5.41, 5.74) is 1.00. The van der Waals surface area contributed by atoms with Gasteiger partial charge in [-0.3, -0.25) is 19.1 Å². The van der Waals surface area contributed by atoms with Crippen LogP contribution in [-0.2, 0) is 23.9 Å². The molecule has 3 heterocycles. The van der Waals surface area contributed by atoms with E-state index in [9.17, 15) is 23.6 Å². The molecule has 1 aromatic heterocycles. The molecule has 5 rings (SSSR count). The number of aliphatic imine (C=N–C) groups is 1. The molecule has 1 atom stereocenters. The van der Waals surface area contributed by atoms with Crippen molar-refractivity contribution in [1.29, 1.82) is 5.26 Å². The lowest BCUT2D eigenvalue weighted by atomic mass is 10.1. The standard InChI is InChI=1S/C27H20ClF2N5O3/c1-14(2)27(29,30)24-23(38-12-16-5-15(10-31)6-19(28)7-16)26(37)35(13-33-24)11-18-8-17-9-20(17)22(34-25(18)36)21-3-4-32-21/h3-8,13,17H,1,9,11-12H2,2H3,(H,34,36). The molecule has 0 radical (unpaired) electrons. The van der Waals surface area contributed by atoms with Crippen molar-refractivity contribution in [1.82, 2.24) is 14.9 Å². The summed E-state index contributed by atoms with van der Waals surface area (Å²) in [4.78, 5) is 34.3. The van der Waals surface area contributed by atoms with Crippen LogP contribution < -0.4 is 15.6 Å². The maximum absolute atomic E-state index is 15.0. The SMILES string of the molecule is C=C(C)C(F)(F)c1ncn(CC2=CC3CC3=C(C3=NC=C3)NC2=O)c(=O)c1OCc1cc(Cl)cc(C#N)c1. The molecular weight excluding hydrogens is 516 g/mol. The van der Waals surface area contributed by atoms with Crippen LogP contribution in [0.2, 0.25) is 5.02 Å². The van der Waals surface area contributed by atoms with E-state index in [-0.39, 0.29) is 35.2 Å². The normalized spacial score (nSPS) is 17.9. The first-order valence-corrected chi connectivity index (χ1v) is 11.9. The molecule has 0 saturated heterocycles. The number of carbonyl (C=O) groups is 1. The molecule has 1 saturated carbocycles.